The van der Waals surface area contributed by atoms with Crippen molar-refractivity contribution >= 4 is 16.9 Å². The van der Waals surface area contributed by atoms with E-state index >= 15 is 0 Å². The lowest BCUT2D eigenvalue weighted by molar-refractivity contribution is 0.0700. The molecule has 1 fully saturated rings. The highest BCUT2D eigenvalue weighted by atomic mass is 16.5. The minimum atomic E-state index is -0.0621. The monoisotopic (exact) mass is 352 g/mol. The molecule has 0 spiro atoms. The van der Waals surface area contributed by atoms with Crippen molar-refractivity contribution in [2.24, 2.45) is 0 Å². The van der Waals surface area contributed by atoms with Crippen LogP contribution < -0.4 is 0 Å². The third kappa shape index (κ3) is 2.71. The fourth-order valence-corrected chi connectivity index (χ4v) is 3.72. The second-order valence-corrected chi connectivity index (χ2v) is 7.52. The Bertz CT molecular complexity index is 967. The molecule has 4 rings (SSSR count). The van der Waals surface area contributed by atoms with Crippen molar-refractivity contribution < 1.29 is 13.7 Å². The highest BCUT2D eigenvalue weighted by Crippen LogP contribution is 2.35. The second-order valence-electron chi connectivity index (χ2n) is 7.52. The maximum atomic E-state index is 13.2. The largest absolute Gasteiger partial charge is 0.451 e. The van der Waals surface area contributed by atoms with Gasteiger partial charge in [-0.25, -0.2) is 0 Å². The van der Waals surface area contributed by atoms with Crippen LogP contribution in [0.25, 0.3) is 11.0 Å². The Hall–Kier alpha value is -2.56. The topological polar surface area (TPSA) is 59.5 Å². The molecule has 1 atom stereocenters. The highest BCUT2D eigenvalue weighted by Gasteiger charge is 2.35. The average molecular weight is 352 g/mol. The molecule has 1 aliphatic rings. The van der Waals surface area contributed by atoms with E-state index in [1.54, 1.807) is 0 Å². The maximum absolute atomic E-state index is 13.2. The van der Waals surface area contributed by atoms with Crippen LogP contribution in [0.15, 0.2) is 33.2 Å². The lowest BCUT2D eigenvalue weighted by Crippen LogP contribution is -2.30. The number of benzene rings is 1. The van der Waals surface area contributed by atoms with Crippen LogP contribution in [-0.4, -0.2) is 22.5 Å². The van der Waals surface area contributed by atoms with Gasteiger partial charge in [0.2, 0.25) is 0 Å². The average Bonchev–Trinajstić information content (AvgIpc) is 3.32. The number of hydrogen-bond acceptors (Lipinski definition) is 4. The molecule has 1 unspecified atom stereocenters. The van der Waals surface area contributed by atoms with E-state index in [1.165, 1.54) is 0 Å². The Morgan fingerprint density at radius 3 is 2.81 bits per heavy atom. The molecular weight excluding hydrogens is 328 g/mol. The maximum Gasteiger partial charge on any atom is 0.290 e. The molecule has 5 nitrogen and oxygen atoms in total. The van der Waals surface area contributed by atoms with Gasteiger partial charge in [0.25, 0.3) is 5.91 Å². The molecule has 1 saturated heterocycles. The summed E-state index contributed by atoms with van der Waals surface area (Å²) in [6.07, 6.45) is 1.85. The first-order valence-electron chi connectivity index (χ1n) is 9.23. The molecule has 2 aromatic heterocycles. The zero-order chi connectivity index (χ0) is 18.4. The number of nitrogens with zero attached hydrogens (tertiary/aromatic N) is 2. The van der Waals surface area contributed by atoms with E-state index in [0.29, 0.717) is 12.3 Å². The predicted molar refractivity (Wildman–Crippen MR) is 99.3 cm³/mol. The Kier molecular flexibility index (Phi) is 4.10. The molecule has 0 bridgehead atoms. The first-order chi connectivity index (χ1) is 12.5. The van der Waals surface area contributed by atoms with Crippen molar-refractivity contribution in [3.8, 4) is 0 Å². The molecule has 5 heteroatoms. The summed E-state index contributed by atoms with van der Waals surface area (Å²) in [4.78, 5) is 15.1. The molecule has 0 radical (unpaired) electrons. The van der Waals surface area contributed by atoms with Crippen molar-refractivity contribution in [1.29, 1.82) is 0 Å². The standard InChI is InChI=1S/C21H24N2O3/c1-12(2)18-11-16(22-26-18)17-6-5-9-23(17)21(24)20-14(4)15-8-7-13(3)10-19(15)25-20/h7-8,10-12,17H,5-6,9H2,1-4H3. The van der Waals surface area contributed by atoms with Crippen LogP contribution in [0.1, 0.15) is 71.8 Å². The normalized spacial score (nSPS) is 17.6. The van der Waals surface area contributed by atoms with Crippen LogP contribution in [0, 0.1) is 13.8 Å². The van der Waals surface area contributed by atoms with E-state index in [4.69, 9.17) is 8.94 Å². The first kappa shape index (κ1) is 16.9. The number of hydrogen-bond donors (Lipinski definition) is 0. The molecule has 0 saturated carbocycles. The summed E-state index contributed by atoms with van der Waals surface area (Å²) in [5.41, 5.74) is 3.63. The second kappa shape index (κ2) is 6.31. The number of furan rings is 1. The number of rotatable bonds is 3. The number of aromatic nitrogens is 1. The van der Waals surface area contributed by atoms with E-state index in [-0.39, 0.29) is 17.9 Å². The zero-order valence-electron chi connectivity index (χ0n) is 15.7. The SMILES string of the molecule is Cc1ccc2c(C)c(C(=O)N3CCCC3c3cc(C(C)C)on3)oc2c1. The van der Waals surface area contributed by atoms with Crippen LogP contribution >= 0.6 is 0 Å². The summed E-state index contributed by atoms with van der Waals surface area (Å²) in [5.74, 6) is 1.51. The Morgan fingerprint density at radius 1 is 1.27 bits per heavy atom. The van der Waals surface area contributed by atoms with Crippen LogP contribution in [-0.2, 0) is 0 Å². The summed E-state index contributed by atoms with van der Waals surface area (Å²) in [6, 6.07) is 7.98. The van der Waals surface area contributed by atoms with Gasteiger partial charge in [-0.05, 0) is 38.3 Å². The lowest BCUT2D eigenvalue weighted by Gasteiger charge is -2.22. The van der Waals surface area contributed by atoms with E-state index < -0.39 is 0 Å². The van der Waals surface area contributed by atoms with E-state index in [1.807, 2.05) is 43.0 Å². The molecule has 1 aromatic carbocycles. The first-order valence-corrected chi connectivity index (χ1v) is 9.23. The van der Waals surface area contributed by atoms with Gasteiger partial charge in [0.05, 0.1) is 6.04 Å². The smallest absolute Gasteiger partial charge is 0.290 e. The van der Waals surface area contributed by atoms with Gasteiger partial charge < -0.3 is 13.8 Å². The summed E-state index contributed by atoms with van der Waals surface area (Å²) < 4.78 is 11.4. The Labute approximate surface area is 152 Å². The van der Waals surface area contributed by atoms with Crippen LogP contribution in [0.3, 0.4) is 0 Å². The Morgan fingerprint density at radius 2 is 2.08 bits per heavy atom. The fourth-order valence-electron chi connectivity index (χ4n) is 3.72. The molecule has 1 aliphatic heterocycles. The minimum Gasteiger partial charge on any atom is -0.451 e. The quantitative estimate of drug-likeness (QED) is 0.655. The number of likely N-dealkylation sites (tertiary alicyclic amines) is 1. The molecule has 3 aromatic rings. The summed E-state index contributed by atoms with van der Waals surface area (Å²) in [5, 5.41) is 5.22. The highest BCUT2D eigenvalue weighted by molar-refractivity contribution is 5.99. The van der Waals surface area contributed by atoms with Gasteiger partial charge >= 0.3 is 0 Å². The van der Waals surface area contributed by atoms with Crippen molar-refractivity contribution in [1.82, 2.24) is 10.1 Å². The summed E-state index contributed by atoms with van der Waals surface area (Å²) in [7, 11) is 0. The number of fused-ring (bicyclic) bond motifs is 1. The number of aryl methyl sites for hydroxylation is 2. The zero-order valence-corrected chi connectivity index (χ0v) is 15.7. The van der Waals surface area contributed by atoms with Crippen LogP contribution in [0.5, 0.6) is 0 Å². The van der Waals surface area contributed by atoms with Gasteiger partial charge in [0.1, 0.15) is 17.0 Å². The number of carbonyl (C=O) groups excluding carboxylic acids is 1. The van der Waals surface area contributed by atoms with Crippen molar-refractivity contribution in [3.63, 3.8) is 0 Å². The van der Waals surface area contributed by atoms with E-state index in [0.717, 1.165) is 46.4 Å². The van der Waals surface area contributed by atoms with Gasteiger partial charge in [0, 0.05) is 29.5 Å². The van der Waals surface area contributed by atoms with Gasteiger partial charge in [-0.15, -0.1) is 0 Å². The van der Waals surface area contributed by atoms with Gasteiger partial charge in [-0.2, -0.15) is 0 Å². The third-order valence-corrected chi connectivity index (χ3v) is 5.26. The Balaban J connectivity index is 1.67. The molecule has 136 valence electrons. The number of carbonyl (C=O) groups is 1. The van der Waals surface area contributed by atoms with E-state index in [9.17, 15) is 4.79 Å². The molecule has 26 heavy (non-hydrogen) atoms. The van der Waals surface area contributed by atoms with Gasteiger partial charge in [0.15, 0.2) is 5.76 Å². The van der Waals surface area contributed by atoms with Crippen molar-refractivity contribution in [3.05, 3.63) is 52.6 Å². The van der Waals surface area contributed by atoms with Gasteiger partial charge in [-0.3, -0.25) is 4.79 Å². The molecule has 0 N–H and O–H groups in total. The molecule has 0 aliphatic carbocycles. The predicted octanol–water partition coefficient (Wildman–Crippen LogP) is 5.14. The molecule has 1 amide bonds. The van der Waals surface area contributed by atoms with Crippen LogP contribution in [0.2, 0.25) is 0 Å². The van der Waals surface area contributed by atoms with E-state index in [2.05, 4.69) is 19.0 Å². The third-order valence-electron chi connectivity index (χ3n) is 5.26. The van der Waals surface area contributed by atoms with Crippen molar-refractivity contribution in [2.45, 2.75) is 52.5 Å². The lowest BCUT2D eigenvalue weighted by atomic mass is 10.1. The van der Waals surface area contributed by atoms with Crippen LogP contribution in [0.4, 0.5) is 0 Å². The van der Waals surface area contributed by atoms with Gasteiger partial charge in [-0.1, -0.05) is 31.1 Å². The molecular formula is C21H24N2O3. The fraction of sp³-hybridized carbons (Fsp3) is 0.429. The summed E-state index contributed by atoms with van der Waals surface area (Å²) >= 11 is 0. The molecule has 3 heterocycles. The summed E-state index contributed by atoms with van der Waals surface area (Å²) in [6.45, 7) is 8.82. The van der Waals surface area contributed by atoms with Crippen molar-refractivity contribution in [2.75, 3.05) is 6.54 Å². The number of amides is 1. The minimum absolute atomic E-state index is 0.0481.